The van der Waals surface area contributed by atoms with Gasteiger partial charge in [-0.15, -0.1) is 0 Å². The topological polar surface area (TPSA) is 15.3 Å². The first kappa shape index (κ1) is 12.1. The predicted molar refractivity (Wildman–Crippen MR) is 69.7 cm³/mol. The molecule has 1 aliphatic carbocycles. The number of hydrogen-bond donors (Lipinski definition) is 1. The van der Waals surface area contributed by atoms with E-state index in [4.69, 9.17) is 0 Å². The molecule has 0 aromatic heterocycles. The zero-order chi connectivity index (χ0) is 11.4. The maximum Gasteiger partial charge on any atom is 0.0218 e. The van der Waals surface area contributed by atoms with Gasteiger partial charge in [-0.1, -0.05) is 18.6 Å². The molecule has 2 unspecified atom stereocenters. The van der Waals surface area contributed by atoms with Crippen molar-refractivity contribution in [2.45, 2.75) is 58.0 Å². The van der Waals surface area contributed by atoms with Crippen LogP contribution in [0.5, 0.6) is 0 Å². The van der Waals surface area contributed by atoms with Crippen LogP contribution in [0.4, 0.5) is 0 Å². The Balaban J connectivity index is 1.80. The van der Waals surface area contributed by atoms with Gasteiger partial charge < -0.3 is 5.32 Å². The Labute approximate surface area is 100 Å². The first-order valence-electron chi connectivity index (χ1n) is 6.95. The highest BCUT2D eigenvalue weighted by atomic mass is 15.2. The highest BCUT2D eigenvalue weighted by Gasteiger charge is 2.24. The number of piperazine rings is 1. The molecular formula is C14H26N2. The molecular weight excluding hydrogens is 196 g/mol. The van der Waals surface area contributed by atoms with Crippen LogP contribution in [0.3, 0.4) is 0 Å². The molecule has 2 aliphatic rings. The van der Waals surface area contributed by atoms with Crippen LogP contribution in [0.2, 0.25) is 0 Å². The van der Waals surface area contributed by atoms with Gasteiger partial charge in [0, 0.05) is 31.7 Å². The molecule has 1 fully saturated rings. The number of allylic oxidation sites excluding steroid dienone is 1. The largest absolute Gasteiger partial charge is 0.311 e. The van der Waals surface area contributed by atoms with Crippen LogP contribution < -0.4 is 5.32 Å². The van der Waals surface area contributed by atoms with E-state index >= 15 is 0 Å². The number of hydrogen-bond acceptors (Lipinski definition) is 2. The highest BCUT2D eigenvalue weighted by Crippen LogP contribution is 2.22. The van der Waals surface area contributed by atoms with Crippen LogP contribution in [0.25, 0.3) is 0 Å². The van der Waals surface area contributed by atoms with Crippen molar-refractivity contribution in [3.63, 3.8) is 0 Å². The molecule has 2 nitrogen and oxygen atoms in total. The fraction of sp³-hybridized carbons (Fsp3) is 0.857. The van der Waals surface area contributed by atoms with Crippen LogP contribution in [0, 0.1) is 0 Å². The molecule has 0 aromatic carbocycles. The van der Waals surface area contributed by atoms with Gasteiger partial charge in [0.15, 0.2) is 0 Å². The lowest BCUT2D eigenvalue weighted by Crippen LogP contribution is -2.55. The van der Waals surface area contributed by atoms with Gasteiger partial charge in [0.05, 0.1) is 0 Å². The Hall–Kier alpha value is -0.340. The molecule has 1 aliphatic heterocycles. The average molecular weight is 222 g/mol. The molecule has 0 amide bonds. The fourth-order valence-electron chi connectivity index (χ4n) is 2.96. The first-order chi connectivity index (χ1) is 7.79. The van der Waals surface area contributed by atoms with Crippen molar-refractivity contribution in [2.24, 2.45) is 0 Å². The van der Waals surface area contributed by atoms with Gasteiger partial charge in [0.25, 0.3) is 0 Å². The van der Waals surface area contributed by atoms with E-state index in [9.17, 15) is 0 Å². The Morgan fingerprint density at radius 2 is 2.38 bits per heavy atom. The highest BCUT2D eigenvalue weighted by molar-refractivity contribution is 5.07. The Morgan fingerprint density at radius 1 is 1.50 bits per heavy atom. The van der Waals surface area contributed by atoms with Crippen molar-refractivity contribution in [1.29, 1.82) is 0 Å². The number of nitrogens with zero attached hydrogens (tertiary/aromatic N) is 1. The monoisotopic (exact) mass is 222 g/mol. The summed E-state index contributed by atoms with van der Waals surface area (Å²) in [5.74, 6) is 0. The van der Waals surface area contributed by atoms with Crippen LogP contribution >= 0.6 is 0 Å². The lowest BCUT2D eigenvalue weighted by Gasteiger charge is -2.39. The summed E-state index contributed by atoms with van der Waals surface area (Å²) in [5.41, 5.74) is 1.71. The molecule has 1 saturated heterocycles. The molecule has 2 atom stereocenters. The predicted octanol–water partition coefficient (Wildman–Crippen LogP) is 2.56. The second-order valence-electron chi connectivity index (χ2n) is 5.37. The summed E-state index contributed by atoms with van der Waals surface area (Å²) in [7, 11) is 0. The van der Waals surface area contributed by atoms with Gasteiger partial charge in [-0.05, 0) is 39.0 Å². The van der Waals surface area contributed by atoms with Crippen LogP contribution in [-0.4, -0.2) is 36.6 Å². The Kier molecular flexibility index (Phi) is 4.42. The van der Waals surface area contributed by atoms with Crippen molar-refractivity contribution >= 4 is 0 Å². The van der Waals surface area contributed by atoms with E-state index in [1.54, 1.807) is 5.57 Å². The van der Waals surface area contributed by atoms with Crippen molar-refractivity contribution < 1.29 is 0 Å². The zero-order valence-electron chi connectivity index (χ0n) is 10.8. The summed E-state index contributed by atoms with van der Waals surface area (Å²) in [5, 5.41) is 3.58. The fourth-order valence-corrected chi connectivity index (χ4v) is 2.96. The van der Waals surface area contributed by atoms with Crippen molar-refractivity contribution in [3.05, 3.63) is 11.6 Å². The molecule has 1 N–H and O–H groups in total. The SMILES string of the molecule is CCC1CNC(C)CN1CCC1=CCCC1. The molecule has 2 heteroatoms. The van der Waals surface area contributed by atoms with Gasteiger partial charge in [-0.2, -0.15) is 0 Å². The van der Waals surface area contributed by atoms with Crippen molar-refractivity contribution in [1.82, 2.24) is 10.2 Å². The zero-order valence-corrected chi connectivity index (χ0v) is 10.8. The minimum absolute atomic E-state index is 0.667. The van der Waals surface area contributed by atoms with E-state index in [2.05, 4.69) is 30.1 Å². The van der Waals surface area contributed by atoms with Gasteiger partial charge in [-0.25, -0.2) is 0 Å². The smallest absolute Gasteiger partial charge is 0.0218 e. The van der Waals surface area contributed by atoms with E-state index in [-0.39, 0.29) is 0 Å². The Bertz CT molecular complexity index is 247. The summed E-state index contributed by atoms with van der Waals surface area (Å²) in [6, 6.07) is 1.43. The van der Waals surface area contributed by atoms with Crippen molar-refractivity contribution in [2.75, 3.05) is 19.6 Å². The van der Waals surface area contributed by atoms with Crippen LogP contribution in [0.15, 0.2) is 11.6 Å². The second-order valence-corrected chi connectivity index (χ2v) is 5.37. The van der Waals surface area contributed by atoms with E-state index in [1.807, 2.05) is 0 Å². The van der Waals surface area contributed by atoms with E-state index < -0.39 is 0 Å². The molecule has 0 spiro atoms. The summed E-state index contributed by atoms with van der Waals surface area (Å²) < 4.78 is 0. The van der Waals surface area contributed by atoms with E-state index in [0.29, 0.717) is 6.04 Å². The normalized spacial score (nSPS) is 31.8. The average Bonchev–Trinajstić information content (AvgIpc) is 2.79. The Morgan fingerprint density at radius 3 is 3.06 bits per heavy atom. The molecule has 0 radical (unpaired) electrons. The third-order valence-electron chi connectivity index (χ3n) is 4.05. The molecule has 0 saturated carbocycles. The summed E-state index contributed by atoms with van der Waals surface area (Å²) in [6.07, 6.45) is 9.13. The molecule has 16 heavy (non-hydrogen) atoms. The van der Waals surface area contributed by atoms with Gasteiger partial charge in [-0.3, -0.25) is 4.90 Å². The molecule has 2 rings (SSSR count). The maximum absolute atomic E-state index is 3.58. The third-order valence-corrected chi connectivity index (χ3v) is 4.05. The van der Waals surface area contributed by atoms with Gasteiger partial charge in [0.1, 0.15) is 0 Å². The number of rotatable bonds is 4. The van der Waals surface area contributed by atoms with Crippen LogP contribution in [0.1, 0.15) is 46.0 Å². The second kappa shape index (κ2) is 5.83. The summed E-state index contributed by atoms with van der Waals surface area (Å²) in [6.45, 7) is 8.29. The quantitative estimate of drug-likeness (QED) is 0.735. The standard InChI is InChI=1S/C14H26N2/c1-3-14-10-15-12(2)11-16(14)9-8-13-6-4-5-7-13/h6,12,14-15H,3-5,7-11H2,1-2H3. The molecule has 1 heterocycles. The lowest BCUT2D eigenvalue weighted by molar-refractivity contribution is 0.133. The molecule has 0 aromatic rings. The minimum atomic E-state index is 0.667. The maximum atomic E-state index is 3.58. The molecule has 0 bridgehead atoms. The molecule has 92 valence electrons. The van der Waals surface area contributed by atoms with E-state index in [0.717, 1.165) is 6.04 Å². The first-order valence-corrected chi connectivity index (χ1v) is 6.95. The lowest BCUT2D eigenvalue weighted by atomic mass is 10.1. The van der Waals surface area contributed by atoms with Gasteiger partial charge in [0.2, 0.25) is 0 Å². The van der Waals surface area contributed by atoms with Crippen molar-refractivity contribution in [3.8, 4) is 0 Å². The van der Waals surface area contributed by atoms with Crippen LogP contribution in [-0.2, 0) is 0 Å². The summed E-state index contributed by atoms with van der Waals surface area (Å²) >= 11 is 0. The third kappa shape index (κ3) is 3.08. The minimum Gasteiger partial charge on any atom is -0.311 e. The number of nitrogens with one attached hydrogen (secondary N) is 1. The van der Waals surface area contributed by atoms with Gasteiger partial charge >= 0.3 is 0 Å². The summed E-state index contributed by atoms with van der Waals surface area (Å²) in [4.78, 5) is 2.69. The van der Waals surface area contributed by atoms with E-state index in [1.165, 1.54) is 51.7 Å².